The van der Waals surface area contributed by atoms with Gasteiger partial charge < -0.3 is 15.8 Å². The number of carbonyl (C=O) groups is 1. The number of nitrogens with zero attached hydrogens (tertiary/aromatic N) is 1. The zero-order valence-corrected chi connectivity index (χ0v) is 15.5. The highest BCUT2D eigenvalue weighted by atomic mass is 35.5. The molecule has 1 aliphatic heterocycles. The average molecular weight is 382 g/mol. The molecule has 8 heteroatoms. The third kappa shape index (κ3) is 5.29. The normalized spacial score (nSPS) is 19.0. The van der Waals surface area contributed by atoms with Crippen molar-refractivity contribution in [3.63, 3.8) is 0 Å². The molecule has 3 N–H and O–H groups in total. The number of rotatable bonds is 4. The molecule has 0 aromatic carbocycles. The predicted octanol–water partition coefficient (Wildman–Crippen LogP) is 2.24. The Balaban J connectivity index is 0.00000132. The Hall–Kier alpha value is -0.400. The molecule has 1 unspecified atom stereocenters. The maximum Gasteiger partial charge on any atom is 0.237 e. The van der Waals surface area contributed by atoms with Gasteiger partial charge in [-0.25, -0.2) is 4.98 Å². The van der Waals surface area contributed by atoms with Crippen LogP contribution in [0.5, 0.6) is 0 Å². The molecule has 5 nitrogen and oxygen atoms in total. The van der Waals surface area contributed by atoms with E-state index in [1.165, 1.54) is 23.4 Å². The van der Waals surface area contributed by atoms with E-state index in [9.17, 15) is 4.79 Å². The summed E-state index contributed by atoms with van der Waals surface area (Å²) in [5, 5.41) is 3.96. The summed E-state index contributed by atoms with van der Waals surface area (Å²) in [4.78, 5) is 18.2. The number of ether oxygens (including phenoxy) is 1. The van der Waals surface area contributed by atoms with E-state index in [1.54, 1.807) is 11.3 Å². The first-order valence-corrected chi connectivity index (χ1v) is 8.64. The number of aryl methyl sites for hydroxylation is 2. The maximum atomic E-state index is 12.2. The molecule has 23 heavy (non-hydrogen) atoms. The Morgan fingerprint density at radius 3 is 2.70 bits per heavy atom. The topological polar surface area (TPSA) is 77.2 Å². The van der Waals surface area contributed by atoms with Crippen molar-refractivity contribution in [1.82, 2.24) is 10.3 Å². The largest absolute Gasteiger partial charge is 0.381 e. The average Bonchev–Trinajstić information content (AvgIpc) is 2.95. The van der Waals surface area contributed by atoms with Gasteiger partial charge in [-0.3, -0.25) is 4.79 Å². The Morgan fingerprint density at radius 2 is 2.00 bits per heavy atom. The van der Waals surface area contributed by atoms with Crippen molar-refractivity contribution in [2.75, 3.05) is 13.2 Å². The lowest BCUT2D eigenvalue weighted by atomic mass is 9.92. The minimum absolute atomic E-state index is 0. The molecule has 0 saturated carbocycles. The second kappa shape index (κ2) is 9.79. The summed E-state index contributed by atoms with van der Waals surface area (Å²) < 4.78 is 5.31. The van der Waals surface area contributed by atoms with Crippen molar-refractivity contribution in [2.24, 2.45) is 11.7 Å². The van der Waals surface area contributed by atoms with E-state index < -0.39 is 6.04 Å². The zero-order chi connectivity index (χ0) is 14.7. The van der Waals surface area contributed by atoms with Crippen LogP contribution >= 0.6 is 36.2 Å². The predicted molar refractivity (Wildman–Crippen MR) is 96.6 cm³/mol. The van der Waals surface area contributed by atoms with Crippen molar-refractivity contribution in [2.45, 2.75) is 51.1 Å². The molecule has 0 radical (unpaired) electrons. The second-order valence-electron chi connectivity index (χ2n) is 5.88. The molecule has 2 aliphatic rings. The van der Waals surface area contributed by atoms with E-state index in [-0.39, 0.29) is 36.6 Å². The fourth-order valence-electron chi connectivity index (χ4n) is 3.05. The van der Waals surface area contributed by atoms with Gasteiger partial charge in [-0.15, -0.1) is 36.2 Å². The summed E-state index contributed by atoms with van der Waals surface area (Å²) in [6, 6.07) is -0.427. The van der Waals surface area contributed by atoms with Gasteiger partial charge in [0.25, 0.3) is 0 Å². The number of amides is 1. The minimum atomic E-state index is -0.427. The van der Waals surface area contributed by atoms with Crippen molar-refractivity contribution in [3.05, 3.63) is 15.6 Å². The van der Waals surface area contributed by atoms with Crippen LogP contribution in [0.4, 0.5) is 0 Å². The van der Waals surface area contributed by atoms with Crippen LogP contribution in [-0.4, -0.2) is 30.1 Å². The molecule has 1 amide bonds. The van der Waals surface area contributed by atoms with Gasteiger partial charge in [-0.05, 0) is 44.4 Å². The number of fused-ring (bicyclic) bond motifs is 1. The van der Waals surface area contributed by atoms with Crippen LogP contribution in [0.1, 0.15) is 41.3 Å². The Bertz CT molecular complexity index is 483. The molecule has 1 aliphatic carbocycles. The summed E-state index contributed by atoms with van der Waals surface area (Å²) in [7, 11) is 0. The van der Waals surface area contributed by atoms with E-state index in [2.05, 4.69) is 10.3 Å². The first-order valence-electron chi connectivity index (χ1n) is 7.82. The highest BCUT2D eigenvalue weighted by molar-refractivity contribution is 7.11. The van der Waals surface area contributed by atoms with Crippen molar-refractivity contribution >= 4 is 42.1 Å². The number of nitrogens with one attached hydrogen (secondary N) is 1. The molecule has 3 rings (SSSR count). The SMILES string of the molecule is Cl.Cl.NC(C(=O)NCc1nc2c(s1)CCCC2)C1CCOCC1. The molecule has 1 atom stereocenters. The van der Waals surface area contributed by atoms with E-state index in [0.717, 1.165) is 30.7 Å². The van der Waals surface area contributed by atoms with Crippen molar-refractivity contribution in [1.29, 1.82) is 0 Å². The zero-order valence-electron chi connectivity index (χ0n) is 13.1. The number of thiazole rings is 1. The van der Waals surface area contributed by atoms with Crippen LogP contribution < -0.4 is 11.1 Å². The monoisotopic (exact) mass is 381 g/mol. The van der Waals surface area contributed by atoms with Crippen LogP contribution in [0.15, 0.2) is 0 Å². The summed E-state index contributed by atoms with van der Waals surface area (Å²) in [5.41, 5.74) is 7.31. The molecular weight excluding hydrogens is 357 g/mol. The van der Waals surface area contributed by atoms with Gasteiger partial charge >= 0.3 is 0 Å². The number of halogens is 2. The summed E-state index contributed by atoms with van der Waals surface area (Å²) in [6.07, 6.45) is 6.47. The lowest BCUT2D eigenvalue weighted by molar-refractivity contribution is -0.124. The van der Waals surface area contributed by atoms with Gasteiger partial charge in [0.1, 0.15) is 5.01 Å². The Morgan fingerprint density at radius 1 is 1.30 bits per heavy atom. The number of aromatic nitrogens is 1. The van der Waals surface area contributed by atoms with E-state index in [0.29, 0.717) is 19.8 Å². The van der Waals surface area contributed by atoms with Gasteiger partial charge in [0, 0.05) is 18.1 Å². The van der Waals surface area contributed by atoms with Gasteiger partial charge in [0.2, 0.25) is 5.91 Å². The standard InChI is InChI=1S/C15H23N3O2S.2ClH/c16-14(10-5-7-20-8-6-10)15(19)17-9-13-18-11-3-1-2-4-12(11)21-13;;/h10,14H,1-9,16H2,(H,17,19);2*1H. The van der Waals surface area contributed by atoms with Crippen molar-refractivity contribution in [3.8, 4) is 0 Å². The molecule has 132 valence electrons. The molecule has 0 bridgehead atoms. The molecule has 2 heterocycles. The minimum Gasteiger partial charge on any atom is -0.381 e. The highest BCUT2D eigenvalue weighted by Gasteiger charge is 2.26. The van der Waals surface area contributed by atoms with Crippen LogP contribution in [0.3, 0.4) is 0 Å². The lowest BCUT2D eigenvalue weighted by Gasteiger charge is -2.26. The molecule has 1 aromatic heterocycles. The number of carbonyl (C=O) groups excluding carboxylic acids is 1. The second-order valence-corrected chi connectivity index (χ2v) is 7.05. The Kier molecular flexibility index (Phi) is 8.79. The molecule has 1 fully saturated rings. The van der Waals surface area contributed by atoms with Crippen molar-refractivity contribution < 1.29 is 9.53 Å². The summed E-state index contributed by atoms with van der Waals surface area (Å²) in [5.74, 6) is 0.179. The lowest BCUT2D eigenvalue weighted by Crippen LogP contribution is -2.46. The third-order valence-electron chi connectivity index (χ3n) is 4.38. The summed E-state index contributed by atoms with van der Waals surface area (Å²) >= 11 is 1.74. The highest BCUT2D eigenvalue weighted by Crippen LogP contribution is 2.26. The van der Waals surface area contributed by atoms with Crippen LogP contribution in [0.25, 0.3) is 0 Å². The first kappa shape index (κ1) is 20.6. The Labute approximate surface area is 153 Å². The van der Waals surface area contributed by atoms with E-state index >= 15 is 0 Å². The molecular formula is C15H25Cl2N3O2S. The van der Waals surface area contributed by atoms with Gasteiger partial charge in [0.05, 0.1) is 18.3 Å². The number of nitrogens with two attached hydrogens (primary N) is 1. The van der Waals surface area contributed by atoms with Gasteiger partial charge in [-0.2, -0.15) is 0 Å². The van der Waals surface area contributed by atoms with Crippen LogP contribution in [-0.2, 0) is 28.9 Å². The van der Waals surface area contributed by atoms with Crippen LogP contribution in [0, 0.1) is 5.92 Å². The molecule has 1 aromatic rings. The summed E-state index contributed by atoms with van der Waals surface area (Å²) in [6.45, 7) is 1.93. The first-order chi connectivity index (χ1) is 10.2. The number of hydrogen-bond donors (Lipinski definition) is 2. The molecule has 0 spiro atoms. The van der Waals surface area contributed by atoms with Gasteiger partial charge in [-0.1, -0.05) is 0 Å². The quantitative estimate of drug-likeness (QED) is 0.837. The fourth-order valence-corrected chi connectivity index (χ4v) is 4.15. The van der Waals surface area contributed by atoms with Crippen LogP contribution in [0.2, 0.25) is 0 Å². The van der Waals surface area contributed by atoms with Gasteiger partial charge in [0.15, 0.2) is 0 Å². The smallest absolute Gasteiger partial charge is 0.237 e. The third-order valence-corrected chi connectivity index (χ3v) is 5.54. The van der Waals surface area contributed by atoms with E-state index in [1.807, 2.05) is 0 Å². The fraction of sp³-hybridized carbons (Fsp3) is 0.733. The number of hydrogen-bond acceptors (Lipinski definition) is 5. The maximum absolute atomic E-state index is 12.2. The molecule has 1 saturated heterocycles. The van der Waals surface area contributed by atoms with E-state index in [4.69, 9.17) is 10.5 Å².